The van der Waals surface area contributed by atoms with Gasteiger partial charge in [-0.1, -0.05) is 13.0 Å². The van der Waals surface area contributed by atoms with Crippen LogP contribution in [0.4, 0.5) is 11.4 Å². The van der Waals surface area contributed by atoms with Crippen LogP contribution >= 0.6 is 0 Å². The van der Waals surface area contributed by atoms with Crippen LogP contribution in [0.15, 0.2) is 24.3 Å². The zero-order chi connectivity index (χ0) is 17.0. The van der Waals surface area contributed by atoms with E-state index in [0.29, 0.717) is 18.1 Å². The number of carbonyl (C=O) groups excluding carboxylic acids is 2. The lowest BCUT2D eigenvalue weighted by atomic mass is 10.2. The van der Waals surface area contributed by atoms with Gasteiger partial charge in [-0.05, 0) is 12.0 Å². The van der Waals surface area contributed by atoms with Gasteiger partial charge >= 0.3 is 11.8 Å². The van der Waals surface area contributed by atoms with E-state index < -0.39 is 27.5 Å². The molecule has 1 aliphatic heterocycles. The molecule has 0 aliphatic carbocycles. The Morgan fingerprint density at radius 2 is 2.17 bits per heavy atom. The Bertz CT molecular complexity index is 664. The summed E-state index contributed by atoms with van der Waals surface area (Å²) in [4.78, 5) is 35.8. The Morgan fingerprint density at radius 3 is 2.87 bits per heavy atom. The fraction of sp³-hybridized carbons (Fsp3) is 0.429. The Kier molecular flexibility index (Phi) is 5.43. The number of benzene rings is 1. The van der Waals surface area contributed by atoms with Crippen molar-refractivity contribution in [3.63, 3.8) is 0 Å². The van der Waals surface area contributed by atoms with Gasteiger partial charge in [0.15, 0.2) is 0 Å². The molecule has 2 amide bonds. The summed E-state index contributed by atoms with van der Waals surface area (Å²) in [5.41, 5.74) is 0.0121. The number of hydrogen-bond donors (Lipinski definition) is 1. The first-order valence-corrected chi connectivity index (χ1v) is 8.55. The molecule has 2 unspecified atom stereocenters. The second-order valence-electron chi connectivity index (χ2n) is 5.43. The molecule has 1 fully saturated rings. The zero-order valence-corrected chi connectivity index (χ0v) is 13.4. The number of hydrogen-bond acceptors (Lipinski definition) is 5. The highest BCUT2D eigenvalue weighted by Crippen LogP contribution is 2.17. The van der Waals surface area contributed by atoms with Crippen LogP contribution in [-0.2, 0) is 20.4 Å². The molecule has 1 heterocycles. The number of nitro groups is 1. The molecule has 23 heavy (non-hydrogen) atoms. The van der Waals surface area contributed by atoms with Crippen molar-refractivity contribution in [3.05, 3.63) is 34.4 Å². The van der Waals surface area contributed by atoms with E-state index in [2.05, 4.69) is 5.32 Å². The molecule has 2 rings (SSSR count). The number of non-ortho nitro benzene ring substituents is 1. The lowest BCUT2D eigenvalue weighted by Gasteiger charge is -2.21. The average molecular weight is 339 g/mol. The third-order valence-corrected chi connectivity index (χ3v) is 4.97. The Morgan fingerprint density at radius 1 is 1.43 bits per heavy atom. The largest absolute Gasteiger partial charge is 0.333 e. The fourth-order valence-electron chi connectivity index (χ4n) is 2.34. The molecular weight excluding hydrogens is 322 g/mol. The van der Waals surface area contributed by atoms with Crippen molar-refractivity contribution in [2.24, 2.45) is 5.92 Å². The standard InChI is InChI=1S/C14H17N3O5S/c1-10-8-16(5-6-23(22)9-10)14(19)13(18)15-11-3-2-4-12(7-11)17(20)21/h2-4,7,10H,5-6,8-9H2,1H3,(H,15,18). The zero-order valence-electron chi connectivity index (χ0n) is 12.6. The summed E-state index contributed by atoms with van der Waals surface area (Å²) in [6, 6.07) is 5.38. The minimum atomic E-state index is -0.985. The van der Waals surface area contributed by atoms with E-state index >= 15 is 0 Å². The van der Waals surface area contributed by atoms with E-state index in [1.165, 1.54) is 29.2 Å². The van der Waals surface area contributed by atoms with Gasteiger partial charge in [-0.3, -0.25) is 23.9 Å². The number of nitro benzene ring substituents is 1. The second kappa shape index (κ2) is 7.32. The molecule has 0 spiro atoms. The maximum absolute atomic E-state index is 12.2. The Hall–Kier alpha value is -2.29. The van der Waals surface area contributed by atoms with Crippen molar-refractivity contribution in [2.45, 2.75) is 6.92 Å². The molecule has 1 aliphatic rings. The molecule has 0 saturated carbocycles. The molecule has 1 saturated heterocycles. The van der Waals surface area contributed by atoms with Crippen molar-refractivity contribution in [3.8, 4) is 0 Å². The van der Waals surface area contributed by atoms with Crippen LogP contribution in [-0.4, -0.2) is 50.4 Å². The maximum Gasteiger partial charge on any atom is 0.313 e. The van der Waals surface area contributed by atoms with E-state index in [-0.39, 0.29) is 23.8 Å². The number of nitrogens with zero attached hydrogens (tertiary/aromatic N) is 2. The predicted molar refractivity (Wildman–Crippen MR) is 85.3 cm³/mol. The van der Waals surface area contributed by atoms with Crippen LogP contribution in [0.25, 0.3) is 0 Å². The minimum absolute atomic E-state index is 0.0490. The summed E-state index contributed by atoms with van der Waals surface area (Å²) in [5.74, 6) is -0.670. The first-order chi connectivity index (χ1) is 10.9. The van der Waals surface area contributed by atoms with Crippen LogP contribution in [0.1, 0.15) is 6.92 Å². The minimum Gasteiger partial charge on any atom is -0.333 e. The van der Waals surface area contributed by atoms with Crippen molar-refractivity contribution in [1.82, 2.24) is 4.90 Å². The van der Waals surface area contributed by atoms with Gasteiger partial charge in [0.25, 0.3) is 5.69 Å². The number of amides is 2. The fourth-order valence-corrected chi connectivity index (χ4v) is 3.67. The summed E-state index contributed by atoms with van der Waals surface area (Å²) in [7, 11) is -0.985. The predicted octanol–water partition coefficient (Wildman–Crippen LogP) is 0.760. The van der Waals surface area contributed by atoms with E-state index in [4.69, 9.17) is 0 Å². The SMILES string of the molecule is CC1CN(C(=O)C(=O)Nc2cccc([N+](=O)[O-])c2)CCS(=O)C1. The first kappa shape index (κ1) is 17.1. The van der Waals surface area contributed by atoms with Gasteiger partial charge in [-0.2, -0.15) is 0 Å². The third kappa shape index (κ3) is 4.59. The summed E-state index contributed by atoms with van der Waals surface area (Å²) >= 11 is 0. The third-order valence-electron chi connectivity index (χ3n) is 3.39. The van der Waals surface area contributed by atoms with Crippen molar-refractivity contribution >= 4 is 34.0 Å². The van der Waals surface area contributed by atoms with E-state index in [9.17, 15) is 23.9 Å². The maximum atomic E-state index is 12.2. The van der Waals surface area contributed by atoms with Gasteiger partial charge < -0.3 is 10.2 Å². The molecule has 1 aromatic carbocycles. The molecule has 1 aromatic rings. The molecule has 9 heteroatoms. The molecule has 0 aromatic heterocycles. The number of rotatable bonds is 2. The first-order valence-electron chi connectivity index (χ1n) is 7.06. The van der Waals surface area contributed by atoms with Crippen LogP contribution < -0.4 is 5.32 Å². The van der Waals surface area contributed by atoms with Crippen LogP contribution in [0.2, 0.25) is 0 Å². The molecule has 0 radical (unpaired) electrons. The van der Waals surface area contributed by atoms with Gasteiger partial charge in [0, 0.05) is 53.2 Å². The van der Waals surface area contributed by atoms with Crippen molar-refractivity contribution < 1.29 is 18.7 Å². The number of anilines is 1. The second-order valence-corrected chi connectivity index (χ2v) is 7.05. The van der Waals surface area contributed by atoms with E-state index in [0.717, 1.165) is 0 Å². The van der Waals surface area contributed by atoms with Gasteiger partial charge in [0.2, 0.25) is 0 Å². The lowest BCUT2D eigenvalue weighted by molar-refractivity contribution is -0.384. The molecule has 1 N–H and O–H groups in total. The summed E-state index contributed by atoms with van der Waals surface area (Å²) < 4.78 is 11.6. The summed E-state index contributed by atoms with van der Waals surface area (Å²) in [5, 5.41) is 13.1. The molecule has 124 valence electrons. The highest BCUT2D eigenvalue weighted by molar-refractivity contribution is 7.85. The van der Waals surface area contributed by atoms with Crippen LogP contribution in [0.5, 0.6) is 0 Å². The van der Waals surface area contributed by atoms with Gasteiger partial charge in [0.05, 0.1) is 4.92 Å². The quantitative estimate of drug-likeness (QED) is 0.486. The monoisotopic (exact) mass is 339 g/mol. The van der Waals surface area contributed by atoms with Gasteiger partial charge in [-0.25, -0.2) is 0 Å². The lowest BCUT2D eigenvalue weighted by Crippen LogP contribution is -2.42. The average Bonchev–Trinajstić information content (AvgIpc) is 2.67. The molecule has 2 atom stereocenters. The highest BCUT2D eigenvalue weighted by atomic mass is 32.2. The highest BCUT2D eigenvalue weighted by Gasteiger charge is 2.27. The van der Waals surface area contributed by atoms with Crippen LogP contribution in [0, 0.1) is 16.0 Å². The summed E-state index contributed by atoms with van der Waals surface area (Å²) in [6.45, 7) is 2.51. The Labute approximate surface area is 135 Å². The number of carbonyl (C=O) groups is 2. The van der Waals surface area contributed by atoms with E-state index in [1.54, 1.807) is 0 Å². The van der Waals surface area contributed by atoms with Gasteiger partial charge in [-0.15, -0.1) is 0 Å². The Balaban J connectivity index is 2.05. The molecule has 0 bridgehead atoms. The van der Waals surface area contributed by atoms with E-state index in [1.807, 2.05) is 6.92 Å². The molecule has 8 nitrogen and oxygen atoms in total. The number of nitrogens with one attached hydrogen (secondary N) is 1. The van der Waals surface area contributed by atoms with Gasteiger partial charge in [0.1, 0.15) is 0 Å². The van der Waals surface area contributed by atoms with Crippen molar-refractivity contribution in [1.29, 1.82) is 0 Å². The summed E-state index contributed by atoms with van der Waals surface area (Å²) in [6.07, 6.45) is 0. The smallest absolute Gasteiger partial charge is 0.313 e. The van der Waals surface area contributed by atoms with Crippen molar-refractivity contribution in [2.75, 3.05) is 29.9 Å². The topological polar surface area (TPSA) is 110 Å². The normalized spacial score (nSPS) is 21.3. The molecular formula is C14H17N3O5S. The van der Waals surface area contributed by atoms with Crippen LogP contribution in [0.3, 0.4) is 0 Å².